The van der Waals surface area contributed by atoms with E-state index in [9.17, 15) is 5.48 Å². The Balaban J connectivity index is 1.25. The van der Waals surface area contributed by atoms with Gasteiger partial charge in [-0.3, -0.25) is 0 Å². The van der Waals surface area contributed by atoms with Gasteiger partial charge in [0, 0.05) is 32.8 Å². The third-order valence-corrected chi connectivity index (χ3v) is 8.85. The van der Waals surface area contributed by atoms with Crippen LogP contribution in [-0.4, -0.2) is 4.57 Å². The van der Waals surface area contributed by atoms with E-state index in [2.05, 4.69) is 28.8 Å². The molecule has 0 N–H and O–H groups in total. The van der Waals surface area contributed by atoms with Crippen molar-refractivity contribution in [1.82, 2.24) is 4.57 Å². The summed E-state index contributed by atoms with van der Waals surface area (Å²) in [5.74, 6) is 0.287. The number of aromatic nitrogens is 1. The van der Waals surface area contributed by atoms with E-state index in [4.69, 9.17) is 11.6 Å². The monoisotopic (exact) mass is 594 g/mol. The Morgan fingerprint density at radius 3 is 2.20 bits per heavy atom. The number of ether oxygens (including phenoxy) is 1. The predicted octanol–water partition coefficient (Wildman–Crippen LogP) is 12.2. The number of rotatable bonds is 3. The van der Waals surface area contributed by atoms with Crippen LogP contribution in [0.3, 0.4) is 0 Å². The third-order valence-electron chi connectivity index (χ3n) is 8.85. The van der Waals surface area contributed by atoms with Gasteiger partial charge in [-0.05, 0) is 75.0 Å². The quantitative estimate of drug-likeness (QED) is 0.198. The predicted molar refractivity (Wildman–Crippen MR) is 192 cm³/mol. The van der Waals surface area contributed by atoms with E-state index in [0.717, 1.165) is 38.3 Å². The fourth-order valence-electron chi connectivity index (χ4n) is 6.77. The zero-order chi connectivity index (χ0) is 38.0. The van der Waals surface area contributed by atoms with Gasteiger partial charge in [0.15, 0.2) is 0 Å². The largest absolute Gasteiger partial charge is 0.456 e. The van der Waals surface area contributed by atoms with E-state index in [1.807, 2.05) is 54.6 Å². The Labute approximate surface area is 279 Å². The SMILES string of the molecule is [2H]c1c([2H])c(-c2c([2H])c([2H])c3c4c(c([2H])c([2H])c([2H])c24)-c2ccccc2O3)c([2H])c([2H])c1-c1ccc2c(c1)c1ccc3ccccc3c1n2-c1ccccc1. The second-order valence-corrected chi connectivity index (χ2v) is 11.4. The number of para-hydroxylation sites is 2. The molecule has 0 radical (unpaired) electrons. The lowest BCUT2D eigenvalue weighted by Crippen LogP contribution is -1.97. The molecule has 0 atom stereocenters. The Hall–Kier alpha value is -6.12. The van der Waals surface area contributed by atoms with Crippen LogP contribution in [0.15, 0.2) is 164 Å². The zero-order valence-electron chi connectivity index (χ0n) is 33.2. The summed E-state index contributed by atoms with van der Waals surface area (Å²) in [6.07, 6.45) is 0. The summed E-state index contributed by atoms with van der Waals surface area (Å²) in [7, 11) is 0. The summed E-state index contributed by atoms with van der Waals surface area (Å²) >= 11 is 0. The Bertz CT molecular complexity index is 3140. The van der Waals surface area contributed by atoms with Gasteiger partial charge in [0.2, 0.25) is 0 Å². The Morgan fingerprint density at radius 2 is 1.28 bits per heavy atom. The molecule has 0 saturated carbocycles. The molecule has 9 aromatic rings. The normalized spacial score (nSPS) is 14.8. The molecule has 1 aliphatic rings. The van der Waals surface area contributed by atoms with Crippen LogP contribution in [0.25, 0.3) is 82.4 Å². The zero-order valence-corrected chi connectivity index (χ0v) is 24.2. The molecular weight excluding hydrogens is 558 g/mol. The number of fused-ring (bicyclic) bond motifs is 7. The first kappa shape index (κ1) is 18.0. The molecule has 10 rings (SSSR count). The molecule has 2 heteroatoms. The average Bonchev–Trinajstić information content (AvgIpc) is 3.55. The highest BCUT2D eigenvalue weighted by Crippen LogP contribution is 2.48. The molecule has 46 heavy (non-hydrogen) atoms. The minimum absolute atomic E-state index is 0.0302. The van der Waals surface area contributed by atoms with Crippen molar-refractivity contribution in [2.24, 2.45) is 0 Å². The maximum Gasteiger partial charge on any atom is 0.135 e. The van der Waals surface area contributed by atoms with Gasteiger partial charge in [-0.25, -0.2) is 0 Å². The van der Waals surface area contributed by atoms with Crippen LogP contribution in [0.4, 0.5) is 0 Å². The van der Waals surface area contributed by atoms with E-state index >= 15 is 0 Å². The fourth-order valence-corrected chi connectivity index (χ4v) is 6.77. The molecule has 214 valence electrons. The molecular formula is C44H27NO. The molecule has 0 bridgehead atoms. The fraction of sp³-hybridized carbons (Fsp3) is 0. The van der Waals surface area contributed by atoms with Gasteiger partial charge in [-0.15, -0.1) is 0 Å². The molecule has 1 aromatic heterocycles. The van der Waals surface area contributed by atoms with Crippen molar-refractivity contribution in [3.05, 3.63) is 164 Å². The maximum atomic E-state index is 9.34. The molecule has 2 heterocycles. The van der Waals surface area contributed by atoms with Gasteiger partial charge in [0.25, 0.3) is 0 Å². The first-order chi connectivity index (χ1) is 26.6. The minimum Gasteiger partial charge on any atom is -0.456 e. The number of hydrogen-bond acceptors (Lipinski definition) is 1. The van der Waals surface area contributed by atoms with Gasteiger partial charge in [-0.2, -0.15) is 0 Å². The lowest BCUT2D eigenvalue weighted by Gasteiger charge is -2.22. The maximum absolute atomic E-state index is 9.34. The first-order valence-electron chi connectivity index (χ1n) is 19.5. The first-order valence-corrected chi connectivity index (χ1v) is 15.0. The van der Waals surface area contributed by atoms with Gasteiger partial charge in [-0.1, -0.05) is 127 Å². The van der Waals surface area contributed by atoms with Crippen LogP contribution in [-0.2, 0) is 0 Å². The Morgan fingerprint density at radius 1 is 0.478 bits per heavy atom. The van der Waals surface area contributed by atoms with Crippen molar-refractivity contribution in [2.45, 2.75) is 0 Å². The molecule has 0 spiro atoms. The molecule has 2 nitrogen and oxygen atoms in total. The van der Waals surface area contributed by atoms with Crippen LogP contribution in [0.5, 0.6) is 11.5 Å². The topological polar surface area (TPSA) is 14.2 Å². The summed E-state index contributed by atoms with van der Waals surface area (Å²) in [6, 6.07) is 31.3. The summed E-state index contributed by atoms with van der Waals surface area (Å²) in [6.45, 7) is 0. The van der Waals surface area contributed by atoms with Crippen molar-refractivity contribution in [1.29, 1.82) is 0 Å². The average molecular weight is 595 g/mol. The highest BCUT2D eigenvalue weighted by molar-refractivity contribution is 6.19. The number of hydrogen-bond donors (Lipinski definition) is 0. The van der Waals surface area contributed by atoms with Crippen LogP contribution in [0, 0.1) is 0 Å². The second-order valence-electron chi connectivity index (χ2n) is 11.4. The van der Waals surface area contributed by atoms with E-state index in [1.54, 1.807) is 30.3 Å². The Kier molecular flexibility index (Phi) is 3.79. The highest BCUT2D eigenvalue weighted by atomic mass is 16.5. The molecule has 0 aliphatic carbocycles. The van der Waals surface area contributed by atoms with Crippen molar-refractivity contribution in [3.8, 4) is 50.6 Å². The van der Waals surface area contributed by atoms with Crippen LogP contribution in [0.2, 0.25) is 0 Å². The van der Waals surface area contributed by atoms with Gasteiger partial charge in [0.05, 0.1) is 23.4 Å². The molecule has 1 aliphatic heterocycles. The van der Waals surface area contributed by atoms with Crippen LogP contribution >= 0.6 is 0 Å². The molecule has 0 unspecified atom stereocenters. The van der Waals surface area contributed by atoms with E-state index < -0.39 is 30.2 Å². The standard InChI is InChI=1S/C44H27NO/c1-2-10-32(11-3-1)45-40-25-22-31(27-39(40)38-23-21-29-9-4-5-12-34(29)44(38)45)28-17-19-30(20-18-28)33-24-26-42-43-36(33)14-8-15-37(43)35-13-6-7-16-41(35)46-42/h1-27H/i8D,14D,15D,17D,18D,19D,20D,24D,26D. The minimum atomic E-state index is -0.464. The summed E-state index contributed by atoms with van der Waals surface area (Å²) in [4.78, 5) is 0. The molecule has 0 fully saturated rings. The van der Waals surface area contributed by atoms with Crippen LogP contribution < -0.4 is 4.74 Å². The smallest absolute Gasteiger partial charge is 0.135 e. The van der Waals surface area contributed by atoms with Crippen molar-refractivity contribution in [2.75, 3.05) is 0 Å². The van der Waals surface area contributed by atoms with E-state index in [-0.39, 0.29) is 62.9 Å². The van der Waals surface area contributed by atoms with Gasteiger partial charge >= 0.3 is 0 Å². The lowest BCUT2D eigenvalue weighted by atomic mass is 9.90. The van der Waals surface area contributed by atoms with Crippen LogP contribution in [0.1, 0.15) is 12.3 Å². The number of nitrogens with zero attached hydrogens (tertiary/aromatic N) is 1. The molecule has 0 saturated heterocycles. The number of benzene rings is 8. The molecule has 8 aromatic carbocycles. The van der Waals surface area contributed by atoms with Crippen molar-refractivity contribution < 1.29 is 17.1 Å². The van der Waals surface area contributed by atoms with Gasteiger partial charge in [0.1, 0.15) is 11.5 Å². The van der Waals surface area contributed by atoms with Crippen molar-refractivity contribution >= 4 is 43.4 Å². The van der Waals surface area contributed by atoms with E-state index in [0.29, 0.717) is 16.9 Å². The molecule has 0 amide bonds. The second kappa shape index (κ2) is 9.69. The summed E-state index contributed by atoms with van der Waals surface area (Å²) in [5, 5.41) is 4.10. The van der Waals surface area contributed by atoms with E-state index in [1.165, 1.54) is 0 Å². The van der Waals surface area contributed by atoms with Crippen molar-refractivity contribution in [3.63, 3.8) is 0 Å². The summed E-state index contributed by atoms with van der Waals surface area (Å²) in [5.41, 5.74) is 3.72. The summed E-state index contributed by atoms with van der Waals surface area (Å²) < 4.78 is 90.4. The third kappa shape index (κ3) is 3.65. The highest BCUT2D eigenvalue weighted by Gasteiger charge is 2.21. The lowest BCUT2D eigenvalue weighted by molar-refractivity contribution is 0.487. The van der Waals surface area contributed by atoms with Gasteiger partial charge < -0.3 is 9.30 Å².